The summed E-state index contributed by atoms with van der Waals surface area (Å²) >= 11 is 0. The first-order chi connectivity index (χ1) is 5.31. The highest BCUT2D eigenvalue weighted by molar-refractivity contribution is 5.77. The van der Waals surface area contributed by atoms with Crippen LogP contribution in [-0.4, -0.2) is 32.2 Å². The van der Waals surface area contributed by atoms with Crippen LogP contribution < -0.4 is 10.6 Å². The zero-order valence-electron chi connectivity index (χ0n) is 6.82. The smallest absolute Gasteiger partial charge is 0.233 e. The number of alkyl halides is 1. The maximum Gasteiger partial charge on any atom is 0.233 e. The molecule has 0 rings (SSSR count). The van der Waals surface area contributed by atoms with Crippen molar-refractivity contribution < 1.29 is 9.18 Å². The third-order valence-corrected chi connectivity index (χ3v) is 1.17. The predicted molar refractivity (Wildman–Crippen MR) is 42.1 cm³/mol. The molecule has 2 N–H and O–H groups in total. The second-order valence-electron chi connectivity index (χ2n) is 2.17. The second kappa shape index (κ2) is 7.47. The first-order valence-corrected chi connectivity index (χ1v) is 3.84. The fraction of sp³-hybridized carbons (Fsp3) is 0.857. The Balaban J connectivity index is 3.09. The van der Waals surface area contributed by atoms with Crippen molar-refractivity contribution in [2.45, 2.75) is 13.3 Å². The minimum Gasteiger partial charge on any atom is -0.355 e. The van der Waals surface area contributed by atoms with E-state index in [4.69, 9.17) is 0 Å². The SMILES string of the molecule is CCNCC(=O)NCCCF. The lowest BCUT2D eigenvalue weighted by Gasteiger charge is -2.02. The van der Waals surface area contributed by atoms with Gasteiger partial charge >= 0.3 is 0 Å². The van der Waals surface area contributed by atoms with Gasteiger partial charge in [0, 0.05) is 6.54 Å². The van der Waals surface area contributed by atoms with E-state index < -0.39 is 0 Å². The minimum atomic E-state index is -0.374. The van der Waals surface area contributed by atoms with Crippen LogP contribution >= 0.6 is 0 Å². The Morgan fingerprint density at radius 1 is 1.55 bits per heavy atom. The normalized spacial score (nSPS) is 9.64. The van der Waals surface area contributed by atoms with Crippen molar-refractivity contribution in [1.29, 1.82) is 0 Å². The monoisotopic (exact) mass is 162 g/mol. The molecule has 0 aromatic carbocycles. The summed E-state index contributed by atoms with van der Waals surface area (Å²) in [5.74, 6) is -0.0692. The summed E-state index contributed by atoms with van der Waals surface area (Å²) in [4.78, 5) is 10.8. The number of carbonyl (C=O) groups excluding carboxylic acids is 1. The van der Waals surface area contributed by atoms with Gasteiger partial charge in [-0.25, -0.2) is 0 Å². The summed E-state index contributed by atoms with van der Waals surface area (Å²) in [7, 11) is 0. The Bertz CT molecular complexity index is 109. The number of likely N-dealkylation sites (N-methyl/N-ethyl adjacent to an activating group) is 1. The third kappa shape index (κ3) is 7.25. The van der Waals surface area contributed by atoms with Gasteiger partial charge in [0.05, 0.1) is 13.2 Å². The molecular formula is C7H15FN2O. The van der Waals surface area contributed by atoms with Crippen molar-refractivity contribution in [1.82, 2.24) is 10.6 Å². The summed E-state index contributed by atoms with van der Waals surface area (Å²) in [6.45, 7) is 3.08. The molecule has 0 heterocycles. The number of nitrogens with one attached hydrogen (secondary N) is 2. The van der Waals surface area contributed by atoms with Crippen LogP contribution in [-0.2, 0) is 4.79 Å². The largest absolute Gasteiger partial charge is 0.355 e. The van der Waals surface area contributed by atoms with E-state index in [1.54, 1.807) is 0 Å². The number of rotatable bonds is 6. The number of amides is 1. The van der Waals surface area contributed by atoms with E-state index in [2.05, 4.69) is 10.6 Å². The van der Waals surface area contributed by atoms with Crippen molar-refractivity contribution in [3.05, 3.63) is 0 Å². The maximum absolute atomic E-state index is 11.5. The Morgan fingerprint density at radius 3 is 2.82 bits per heavy atom. The highest BCUT2D eigenvalue weighted by Gasteiger charge is 1.96. The molecule has 0 radical (unpaired) electrons. The highest BCUT2D eigenvalue weighted by Crippen LogP contribution is 1.76. The van der Waals surface area contributed by atoms with Gasteiger partial charge in [0.2, 0.25) is 5.91 Å². The van der Waals surface area contributed by atoms with E-state index >= 15 is 0 Å². The van der Waals surface area contributed by atoms with Crippen LogP contribution in [0.25, 0.3) is 0 Å². The van der Waals surface area contributed by atoms with Gasteiger partial charge in [0.15, 0.2) is 0 Å². The highest BCUT2D eigenvalue weighted by atomic mass is 19.1. The lowest BCUT2D eigenvalue weighted by Crippen LogP contribution is -2.34. The number of hydrogen-bond donors (Lipinski definition) is 2. The third-order valence-electron chi connectivity index (χ3n) is 1.17. The topological polar surface area (TPSA) is 41.1 Å². The van der Waals surface area contributed by atoms with Crippen LogP contribution in [0.2, 0.25) is 0 Å². The van der Waals surface area contributed by atoms with Crippen LogP contribution in [0.15, 0.2) is 0 Å². The van der Waals surface area contributed by atoms with Gasteiger partial charge in [-0.1, -0.05) is 6.92 Å². The fourth-order valence-corrected chi connectivity index (χ4v) is 0.596. The molecule has 0 aliphatic rings. The molecule has 3 nitrogen and oxygen atoms in total. The molecule has 0 saturated heterocycles. The van der Waals surface area contributed by atoms with Gasteiger partial charge in [-0.3, -0.25) is 9.18 Å². The van der Waals surface area contributed by atoms with E-state index in [0.717, 1.165) is 6.54 Å². The Hall–Kier alpha value is -0.640. The second-order valence-corrected chi connectivity index (χ2v) is 2.17. The summed E-state index contributed by atoms with van der Waals surface area (Å²) in [6, 6.07) is 0. The van der Waals surface area contributed by atoms with E-state index in [-0.39, 0.29) is 12.6 Å². The molecule has 0 spiro atoms. The van der Waals surface area contributed by atoms with Crippen molar-refractivity contribution in [2.24, 2.45) is 0 Å². The predicted octanol–water partition coefficient (Wildman–Crippen LogP) is 0.0717. The van der Waals surface area contributed by atoms with Gasteiger partial charge in [0.1, 0.15) is 0 Å². The Labute approximate surface area is 66.4 Å². The van der Waals surface area contributed by atoms with Crippen LogP contribution in [0, 0.1) is 0 Å². The average molecular weight is 162 g/mol. The molecule has 0 saturated carbocycles. The van der Waals surface area contributed by atoms with Crippen molar-refractivity contribution in [2.75, 3.05) is 26.3 Å². The zero-order chi connectivity index (χ0) is 8.53. The summed E-state index contributed by atoms with van der Waals surface area (Å²) in [6.07, 6.45) is 0.401. The fourth-order valence-electron chi connectivity index (χ4n) is 0.596. The molecule has 0 fully saturated rings. The Morgan fingerprint density at radius 2 is 2.27 bits per heavy atom. The molecule has 0 bridgehead atoms. The summed E-state index contributed by atoms with van der Waals surface area (Å²) in [5.41, 5.74) is 0. The molecule has 1 amide bonds. The summed E-state index contributed by atoms with van der Waals surface area (Å²) in [5, 5.41) is 5.45. The van der Waals surface area contributed by atoms with E-state index in [0.29, 0.717) is 19.5 Å². The molecule has 0 unspecified atom stereocenters. The first-order valence-electron chi connectivity index (χ1n) is 3.84. The lowest BCUT2D eigenvalue weighted by molar-refractivity contribution is -0.120. The van der Waals surface area contributed by atoms with Crippen molar-refractivity contribution in [3.8, 4) is 0 Å². The van der Waals surface area contributed by atoms with Gasteiger partial charge in [0.25, 0.3) is 0 Å². The van der Waals surface area contributed by atoms with E-state index in [9.17, 15) is 9.18 Å². The zero-order valence-corrected chi connectivity index (χ0v) is 6.82. The number of halogens is 1. The van der Waals surface area contributed by atoms with Crippen molar-refractivity contribution in [3.63, 3.8) is 0 Å². The summed E-state index contributed by atoms with van der Waals surface area (Å²) < 4.78 is 11.5. The van der Waals surface area contributed by atoms with E-state index in [1.807, 2.05) is 6.92 Å². The molecular weight excluding hydrogens is 147 g/mol. The maximum atomic E-state index is 11.5. The van der Waals surface area contributed by atoms with Gasteiger partial charge in [-0.2, -0.15) is 0 Å². The molecule has 4 heteroatoms. The molecule has 0 aromatic rings. The van der Waals surface area contributed by atoms with Crippen molar-refractivity contribution >= 4 is 5.91 Å². The number of carbonyl (C=O) groups is 1. The van der Waals surface area contributed by atoms with Crippen LogP contribution in [0.1, 0.15) is 13.3 Å². The van der Waals surface area contributed by atoms with Gasteiger partial charge in [-0.05, 0) is 13.0 Å². The molecule has 66 valence electrons. The van der Waals surface area contributed by atoms with Gasteiger partial charge < -0.3 is 10.6 Å². The molecule has 11 heavy (non-hydrogen) atoms. The molecule has 0 aliphatic carbocycles. The average Bonchev–Trinajstić information content (AvgIpc) is 2.01. The van der Waals surface area contributed by atoms with Crippen LogP contribution in [0.3, 0.4) is 0 Å². The van der Waals surface area contributed by atoms with Gasteiger partial charge in [-0.15, -0.1) is 0 Å². The Kier molecular flexibility index (Phi) is 7.03. The molecule has 0 aromatic heterocycles. The first kappa shape index (κ1) is 10.4. The standard InChI is InChI=1S/C7H15FN2O/c1-2-9-6-7(11)10-5-3-4-8/h9H,2-6H2,1H3,(H,10,11). The van der Waals surface area contributed by atoms with Crippen LogP contribution in [0.4, 0.5) is 4.39 Å². The molecule has 0 atom stereocenters. The minimum absolute atomic E-state index is 0.0692. The lowest BCUT2D eigenvalue weighted by atomic mass is 10.4. The van der Waals surface area contributed by atoms with Crippen LogP contribution in [0.5, 0.6) is 0 Å². The number of hydrogen-bond acceptors (Lipinski definition) is 2. The van der Waals surface area contributed by atoms with E-state index in [1.165, 1.54) is 0 Å². The quantitative estimate of drug-likeness (QED) is 0.543. The molecule has 0 aliphatic heterocycles.